The molecule has 6 heteroatoms. The smallest absolute Gasteiger partial charge is 0.323 e. The molecule has 0 fully saturated rings. The molecule has 0 aliphatic carbocycles. The standard InChI is InChI=1S/C16H12N2O4/c19-14(20)10-18-13-9-5-4-8-12(13)17-15(16(18)21)22-11-6-2-1-3-7-11/h1-9H,10H2,(H,19,20). The van der Waals surface area contributed by atoms with E-state index >= 15 is 0 Å². The largest absolute Gasteiger partial charge is 0.480 e. The van der Waals surface area contributed by atoms with E-state index in [0.717, 1.165) is 4.57 Å². The first-order valence-corrected chi connectivity index (χ1v) is 6.59. The fourth-order valence-electron chi connectivity index (χ4n) is 2.13. The number of aliphatic carboxylic acids is 1. The number of carboxylic acid groups (broad SMARTS) is 1. The first kappa shape index (κ1) is 13.8. The highest BCUT2D eigenvalue weighted by Gasteiger charge is 2.14. The quantitative estimate of drug-likeness (QED) is 0.798. The molecule has 2 aromatic carbocycles. The number of para-hydroxylation sites is 3. The highest BCUT2D eigenvalue weighted by atomic mass is 16.5. The third-order valence-electron chi connectivity index (χ3n) is 3.07. The first-order valence-electron chi connectivity index (χ1n) is 6.59. The Balaban J connectivity index is 2.16. The highest BCUT2D eigenvalue weighted by molar-refractivity contribution is 5.77. The summed E-state index contributed by atoms with van der Waals surface area (Å²) in [6.45, 7) is -0.451. The molecule has 0 bridgehead atoms. The summed E-state index contributed by atoms with van der Waals surface area (Å²) in [4.78, 5) is 27.6. The van der Waals surface area contributed by atoms with Crippen LogP contribution in [0.4, 0.5) is 0 Å². The molecule has 1 aromatic heterocycles. The lowest BCUT2D eigenvalue weighted by atomic mass is 10.3. The molecular formula is C16H12N2O4. The number of rotatable bonds is 4. The molecule has 0 spiro atoms. The van der Waals surface area contributed by atoms with Crippen LogP contribution in [-0.2, 0) is 11.3 Å². The molecule has 1 heterocycles. The Morgan fingerprint density at radius 2 is 1.77 bits per heavy atom. The minimum atomic E-state index is -1.11. The minimum Gasteiger partial charge on any atom is -0.480 e. The van der Waals surface area contributed by atoms with E-state index in [2.05, 4.69) is 4.98 Å². The van der Waals surface area contributed by atoms with Gasteiger partial charge in [-0.15, -0.1) is 0 Å². The van der Waals surface area contributed by atoms with Crippen LogP contribution in [0, 0.1) is 0 Å². The lowest BCUT2D eigenvalue weighted by Crippen LogP contribution is -2.26. The number of benzene rings is 2. The van der Waals surface area contributed by atoms with Gasteiger partial charge in [0.15, 0.2) is 0 Å². The van der Waals surface area contributed by atoms with Crippen LogP contribution in [0.3, 0.4) is 0 Å². The van der Waals surface area contributed by atoms with Gasteiger partial charge in [0, 0.05) is 0 Å². The molecule has 0 saturated carbocycles. The zero-order valence-electron chi connectivity index (χ0n) is 11.5. The van der Waals surface area contributed by atoms with E-state index in [1.165, 1.54) is 0 Å². The number of aromatic nitrogens is 2. The predicted molar refractivity (Wildman–Crippen MR) is 80.2 cm³/mol. The predicted octanol–water partition coefficient (Wildman–Crippen LogP) is 2.27. The second-order valence-corrected chi connectivity index (χ2v) is 4.61. The molecule has 110 valence electrons. The molecule has 0 aliphatic heterocycles. The molecule has 0 atom stereocenters. The second-order valence-electron chi connectivity index (χ2n) is 4.61. The second kappa shape index (κ2) is 5.69. The summed E-state index contributed by atoms with van der Waals surface area (Å²) in [5, 5.41) is 9.01. The SMILES string of the molecule is O=C(O)Cn1c(=O)c(Oc2ccccc2)nc2ccccc21. The lowest BCUT2D eigenvalue weighted by Gasteiger charge is -2.10. The van der Waals surface area contributed by atoms with Crippen LogP contribution in [0.1, 0.15) is 0 Å². The molecule has 0 aliphatic rings. The molecule has 0 radical (unpaired) electrons. The number of hydrogen-bond acceptors (Lipinski definition) is 4. The number of fused-ring (bicyclic) bond motifs is 1. The van der Waals surface area contributed by atoms with Gasteiger partial charge in [0.2, 0.25) is 0 Å². The Labute approximate surface area is 125 Å². The van der Waals surface area contributed by atoms with Crippen LogP contribution in [0.5, 0.6) is 11.6 Å². The summed E-state index contributed by atoms with van der Waals surface area (Å²) in [6.07, 6.45) is 0. The van der Waals surface area contributed by atoms with Gasteiger partial charge in [0.1, 0.15) is 12.3 Å². The van der Waals surface area contributed by atoms with Gasteiger partial charge in [-0.1, -0.05) is 30.3 Å². The van der Waals surface area contributed by atoms with Crippen molar-refractivity contribution in [1.82, 2.24) is 9.55 Å². The van der Waals surface area contributed by atoms with E-state index in [4.69, 9.17) is 9.84 Å². The van der Waals surface area contributed by atoms with E-state index in [9.17, 15) is 9.59 Å². The number of ether oxygens (including phenoxy) is 1. The zero-order valence-corrected chi connectivity index (χ0v) is 11.5. The minimum absolute atomic E-state index is 0.147. The van der Waals surface area contributed by atoms with Gasteiger partial charge in [0.25, 0.3) is 5.88 Å². The van der Waals surface area contributed by atoms with Gasteiger partial charge >= 0.3 is 11.5 Å². The molecule has 22 heavy (non-hydrogen) atoms. The third kappa shape index (κ3) is 2.67. The zero-order chi connectivity index (χ0) is 15.5. The number of nitrogens with zero attached hydrogens (tertiary/aromatic N) is 2. The highest BCUT2D eigenvalue weighted by Crippen LogP contribution is 2.18. The molecule has 0 amide bonds. The molecule has 6 nitrogen and oxygen atoms in total. The van der Waals surface area contributed by atoms with Gasteiger partial charge in [-0.3, -0.25) is 14.2 Å². The van der Waals surface area contributed by atoms with Gasteiger partial charge in [-0.25, -0.2) is 4.98 Å². The number of carboxylic acids is 1. The monoisotopic (exact) mass is 296 g/mol. The van der Waals surface area contributed by atoms with Crippen LogP contribution in [0.15, 0.2) is 59.4 Å². The lowest BCUT2D eigenvalue weighted by molar-refractivity contribution is -0.137. The third-order valence-corrected chi connectivity index (χ3v) is 3.07. The summed E-state index contributed by atoms with van der Waals surface area (Å²) in [5.41, 5.74) is 0.370. The van der Waals surface area contributed by atoms with Crippen molar-refractivity contribution in [2.24, 2.45) is 0 Å². The number of hydrogen-bond donors (Lipinski definition) is 1. The van der Waals surface area contributed by atoms with E-state index < -0.39 is 18.1 Å². The van der Waals surface area contributed by atoms with Crippen molar-refractivity contribution in [3.05, 3.63) is 65.0 Å². The van der Waals surface area contributed by atoms with Crippen LogP contribution in [0.25, 0.3) is 11.0 Å². The fraction of sp³-hybridized carbons (Fsp3) is 0.0625. The van der Waals surface area contributed by atoms with Crippen molar-refractivity contribution in [2.75, 3.05) is 0 Å². The maximum absolute atomic E-state index is 12.4. The van der Waals surface area contributed by atoms with E-state index in [0.29, 0.717) is 16.8 Å². The van der Waals surface area contributed by atoms with Gasteiger partial charge in [-0.05, 0) is 24.3 Å². The van der Waals surface area contributed by atoms with Crippen LogP contribution in [-0.4, -0.2) is 20.6 Å². The topological polar surface area (TPSA) is 81.4 Å². The summed E-state index contributed by atoms with van der Waals surface area (Å²) >= 11 is 0. The Kier molecular flexibility index (Phi) is 3.57. The molecule has 0 saturated heterocycles. The van der Waals surface area contributed by atoms with E-state index in [1.54, 1.807) is 48.5 Å². The molecule has 3 aromatic rings. The molecule has 3 rings (SSSR count). The average molecular weight is 296 g/mol. The molecule has 0 unspecified atom stereocenters. The van der Waals surface area contributed by atoms with Crippen molar-refractivity contribution in [2.45, 2.75) is 6.54 Å². The van der Waals surface area contributed by atoms with Gasteiger partial charge in [0.05, 0.1) is 11.0 Å². The first-order chi connectivity index (χ1) is 10.6. The fourth-order valence-corrected chi connectivity index (χ4v) is 2.13. The normalized spacial score (nSPS) is 10.5. The summed E-state index contributed by atoms with van der Waals surface area (Å²) in [6, 6.07) is 15.6. The van der Waals surface area contributed by atoms with Crippen molar-refractivity contribution in [1.29, 1.82) is 0 Å². The summed E-state index contributed by atoms with van der Waals surface area (Å²) < 4.78 is 6.64. The maximum atomic E-state index is 12.4. The van der Waals surface area contributed by atoms with Crippen molar-refractivity contribution in [3.63, 3.8) is 0 Å². The van der Waals surface area contributed by atoms with E-state index in [1.807, 2.05) is 6.07 Å². The van der Waals surface area contributed by atoms with Crippen LogP contribution in [0.2, 0.25) is 0 Å². The molecular weight excluding hydrogens is 284 g/mol. The van der Waals surface area contributed by atoms with Crippen LogP contribution < -0.4 is 10.3 Å². The van der Waals surface area contributed by atoms with Gasteiger partial charge < -0.3 is 9.84 Å². The van der Waals surface area contributed by atoms with Crippen molar-refractivity contribution >= 4 is 17.0 Å². The Morgan fingerprint density at radius 1 is 1.09 bits per heavy atom. The molecule has 1 N–H and O–H groups in total. The summed E-state index contributed by atoms with van der Waals surface area (Å²) in [5.74, 6) is -0.792. The van der Waals surface area contributed by atoms with Crippen molar-refractivity contribution in [3.8, 4) is 11.6 Å². The summed E-state index contributed by atoms with van der Waals surface area (Å²) in [7, 11) is 0. The average Bonchev–Trinajstić information content (AvgIpc) is 2.52. The van der Waals surface area contributed by atoms with Gasteiger partial charge in [-0.2, -0.15) is 0 Å². The van der Waals surface area contributed by atoms with E-state index in [-0.39, 0.29) is 5.88 Å². The Bertz CT molecular complexity index is 888. The Morgan fingerprint density at radius 3 is 2.50 bits per heavy atom. The Hall–Kier alpha value is -3.15. The van der Waals surface area contributed by atoms with Crippen molar-refractivity contribution < 1.29 is 14.6 Å². The maximum Gasteiger partial charge on any atom is 0.323 e. The number of carbonyl (C=O) groups is 1. The van der Waals surface area contributed by atoms with Crippen LogP contribution >= 0.6 is 0 Å².